The average Bonchev–Trinajstić information content (AvgIpc) is 3.29. The summed E-state index contributed by atoms with van der Waals surface area (Å²) in [7, 11) is 1.88. The molecule has 1 atom stereocenters. The summed E-state index contributed by atoms with van der Waals surface area (Å²) in [6, 6.07) is -0.0749. The Morgan fingerprint density at radius 2 is 1.94 bits per heavy atom. The number of likely N-dealkylation sites (tertiary alicyclic amines) is 1. The van der Waals surface area contributed by atoms with Crippen molar-refractivity contribution in [3.63, 3.8) is 0 Å². The molecule has 0 amide bonds. The van der Waals surface area contributed by atoms with Gasteiger partial charge in [0.05, 0.1) is 19.8 Å². The number of guanidine groups is 1. The van der Waals surface area contributed by atoms with Crippen LogP contribution in [-0.4, -0.2) is 102 Å². The number of aryl methyl sites for hydroxylation is 1. The summed E-state index contributed by atoms with van der Waals surface area (Å²) in [4.78, 5) is 8.41. The highest BCUT2D eigenvalue weighted by Gasteiger charge is 2.34. The lowest BCUT2D eigenvalue weighted by Crippen LogP contribution is -2.46. The van der Waals surface area contributed by atoms with E-state index in [4.69, 9.17) is 4.74 Å². The number of alkyl halides is 3. The highest BCUT2D eigenvalue weighted by molar-refractivity contribution is 14.0. The topological polar surface area (TPSA) is 82.8 Å². The number of aromatic nitrogens is 3. The van der Waals surface area contributed by atoms with Gasteiger partial charge in [-0.2, -0.15) is 13.2 Å². The SMILES string of the molecule is Cc1nnc(CN=C(NCCCN2CCOCC2)NC2CCN(CC(F)(F)F)C2)n1C.I. The standard InChI is InChI=1S/C19H33F3N8O.HI/c1-15-26-27-17(28(15)2)12-24-18(23-5-3-6-29-8-10-31-11-9-29)25-16-4-7-30(13-16)14-19(20,21)22;/h16H,3-14H2,1-2H3,(H2,23,24,25);1H. The number of hydrogen-bond donors (Lipinski definition) is 2. The molecule has 32 heavy (non-hydrogen) atoms. The zero-order valence-corrected chi connectivity index (χ0v) is 21.0. The smallest absolute Gasteiger partial charge is 0.379 e. The molecule has 3 heterocycles. The molecule has 1 unspecified atom stereocenters. The Morgan fingerprint density at radius 3 is 2.59 bits per heavy atom. The summed E-state index contributed by atoms with van der Waals surface area (Å²) in [6.07, 6.45) is -2.59. The van der Waals surface area contributed by atoms with E-state index in [9.17, 15) is 13.2 Å². The molecular formula is C19H34F3IN8O. The van der Waals surface area contributed by atoms with Gasteiger partial charge in [0.2, 0.25) is 0 Å². The van der Waals surface area contributed by atoms with E-state index in [1.165, 1.54) is 4.90 Å². The number of hydrogen-bond acceptors (Lipinski definition) is 6. The molecule has 184 valence electrons. The molecule has 2 aliphatic rings. The molecule has 0 radical (unpaired) electrons. The Morgan fingerprint density at radius 1 is 1.19 bits per heavy atom. The minimum absolute atomic E-state index is 0. The van der Waals surface area contributed by atoms with Gasteiger partial charge in [-0.1, -0.05) is 0 Å². The van der Waals surface area contributed by atoms with Crippen LogP contribution in [0, 0.1) is 6.92 Å². The van der Waals surface area contributed by atoms with Gasteiger partial charge in [-0.15, -0.1) is 34.2 Å². The molecule has 0 spiro atoms. The van der Waals surface area contributed by atoms with Crippen LogP contribution >= 0.6 is 24.0 Å². The minimum Gasteiger partial charge on any atom is -0.379 e. The van der Waals surface area contributed by atoms with Crippen LogP contribution < -0.4 is 10.6 Å². The van der Waals surface area contributed by atoms with E-state index < -0.39 is 12.7 Å². The van der Waals surface area contributed by atoms with Crippen LogP contribution in [0.2, 0.25) is 0 Å². The second-order valence-corrected chi connectivity index (χ2v) is 8.10. The zero-order chi connectivity index (χ0) is 22.3. The van der Waals surface area contributed by atoms with Crippen molar-refractivity contribution in [3.8, 4) is 0 Å². The average molecular weight is 574 g/mol. The van der Waals surface area contributed by atoms with Crippen molar-refractivity contribution in [1.82, 2.24) is 35.2 Å². The van der Waals surface area contributed by atoms with E-state index in [2.05, 4.69) is 30.7 Å². The van der Waals surface area contributed by atoms with Crippen LogP contribution in [0.25, 0.3) is 0 Å². The third-order valence-corrected chi connectivity index (χ3v) is 5.62. The summed E-state index contributed by atoms with van der Waals surface area (Å²) in [6.45, 7) is 7.23. The maximum atomic E-state index is 12.7. The Kier molecular flexibility index (Phi) is 10.9. The van der Waals surface area contributed by atoms with Crippen LogP contribution in [0.5, 0.6) is 0 Å². The summed E-state index contributed by atoms with van der Waals surface area (Å²) in [5.74, 6) is 2.13. The second kappa shape index (κ2) is 12.9. The molecule has 0 aliphatic carbocycles. The lowest BCUT2D eigenvalue weighted by molar-refractivity contribution is -0.143. The van der Waals surface area contributed by atoms with Crippen molar-refractivity contribution in [1.29, 1.82) is 0 Å². The second-order valence-electron chi connectivity index (χ2n) is 8.10. The Balaban J connectivity index is 0.00000363. The van der Waals surface area contributed by atoms with E-state index in [1.807, 2.05) is 18.5 Å². The molecule has 2 N–H and O–H groups in total. The van der Waals surface area contributed by atoms with Crippen molar-refractivity contribution < 1.29 is 17.9 Å². The van der Waals surface area contributed by atoms with Crippen LogP contribution in [0.15, 0.2) is 4.99 Å². The van der Waals surface area contributed by atoms with Gasteiger partial charge in [0, 0.05) is 45.8 Å². The number of ether oxygens (including phenoxy) is 1. The summed E-state index contributed by atoms with van der Waals surface area (Å²) < 4.78 is 45.3. The molecule has 1 aromatic rings. The molecule has 1 aromatic heterocycles. The highest BCUT2D eigenvalue weighted by atomic mass is 127. The summed E-state index contributed by atoms with van der Waals surface area (Å²) in [5, 5.41) is 14.8. The number of morpholine rings is 1. The maximum Gasteiger partial charge on any atom is 0.401 e. The molecule has 2 fully saturated rings. The van der Waals surface area contributed by atoms with Gasteiger partial charge in [0.1, 0.15) is 12.4 Å². The zero-order valence-electron chi connectivity index (χ0n) is 18.7. The predicted molar refractivity (Wildman–Crippen MR) is 126 cm³/mol. The Bertz CT molecular complexity index is 724. The van der Waals surface area contributed by atoms with Crippen LogP contribution in [0.1, 0.15) is 24.5 Å². The first-order valence-corrected chi connectivity index (χ1v) is 10.8. The monoisotopic (exact) mass is 574 g/mol. The van der Waals surface area contributed by atoms with E-state index in [-0.39, 0.29) is 30.0 Å². The van der Waals surface area contributed by atoms with Crippen molar-refractivity contribution in [2.75, 3.05) is 59.0 Å². The summed E-state index contributed by atoms with van der Waals surface area (Å²) >= 11 is 0. The first-order valence-electron chi connectivity index (χ1n) is 10.8. The third kappa shape index (κ3) is 8.98. The fourth-order valence-corrected chi connectivity index (χ4v) is 3.77. The van der Waals surface area contributed by atoms with Crippen molar-refractivity contribution in [2.24, 2.45) is 12.0 Å². The molecular weight excluding hydrogens is 540 g/mol. The number of rotatable bonds is 8. The van der Waals surface area contributed by atoms with E-state index in [0.717, 1.165) is 57.5 Å². The molecule has 2 aliphatic heterocycles. The minimum atomic E-state index is -4.17. The largest absolute Gasteiger partial charge is 0.401 e. The van der Waals surface area contributed by atoms with Crippen molar-refractivity contribution in [2.45, 2.75) is 38.5 Å². The third-order valence-electron chi connectivity index (χ3n) is 5.62. The van der Waals surface area contributed by atoms with Crippen molar-refractivity contribution in [3.05, 3.63) is 11.6 Å². The van der Waals surface area contributed by atoms with Gasteiger partial charge >= 0.3 is 6.18 Å². The van der Waals surface area contributed by atoms with Gasteiger partial charge in [-0.05, 0) is 26.3 Å². The molecule has 2 saturated heterocycles. The van der Waals surface area contributed by atoms with E-state index in [0.29, 0.717) is 32.0 Å². The highest BCUT2D eigenvalue weighted by Crippen LogP contribution is 2.19. The molecule has 3 rings (SSSR count). The van der Waals surface area contributed by atoms with Crippen molar-refractivity contribution >= 4 is 29.9 Å². The van der Waals surface area contributed by atoms with E-state index >= 15 is 0 Å². The van der Waals surface area contributed by atoms with Gasteiger partial charge in [-0.3, -0.25) is 9.80 Å². The van der Waals surface area contributed by atoms with Gasteiger partial charge in [0.25, 0.3) is 0 Å². The number of nitrogens with one attached hydrogen (secondary N) is 2. The Hall–Kier alpha value is -1.19. The number of aliphatic imine (C=N–C) groups is 1. The van der Waals surface area contributed by atoms with Crippen LogP contribution in [-0.2, 0) is 18.3 Å². The first kappa shape index (κ1) is 27.1. The fourth-order valence-electron chi connectivity index (χ4n) is 3.77. The van der Waals surface area contributed by atoms with Crippen LogP contribution in [0.3, 0.4) is 0 Å². The lowest BCUT2D eigenvalue weighted by atomic mass is 10.3. The Labute approximate surface area is 204 Å². The maximum absolute atomic E-state index is 12.7. The van der Waals surface area contributed by atoms with Crippen LogP contribution in [0.4, 0.5) is 13.2 Å². The lowest BCUT2D eigenvalue weighted by Gasteiger charge is -2.26. The summed E-state index contributed by atoms with van der Waals surface area (Å²) in [5.41, 5.74) is 0. The molecule has 0 bridgehead atoms. The van der Waals surface area contributed by atoms with Gasteiger partial charge in [0.15, 0.2) is 11.8 Å². The van der Waals surface area contributed by atoms with E-state index in [1.54, 1.807) is 0 Å². The normalized spacial score (nSPS) is 20.9. The molecule has 9 nitrogen and oxygen atoms in total. The number of nitrogens with zero attached hydrogens (tertiary/aromatic N) is 6. The predicted octanol–water partition coefficient (Wildman–Crippen LogP) is 1.14. The quantitative estimate of drug-likeness (QED) is 0.209. The molecule has 0 saturated carbocycles. The first-order chi connectivity index (χ1) is 14.8. The number of halogens is 4. The molecule has 0 aromatic carbocycles. The van der Waals surface area contributed by atoms with Gasteiger partial charge in [-0.25, -0.2) is 4.99 Å². The van der Waals surface area contributed by atoms with Gasteiger partial charge < -0.3 is 19.9 Å². The fraction of sp³-hybridized carbons (Fsp3) is 0.842. The molecule has 13 heteroatoms.